The fraction of sp³-hybridized carbons (Fsp3) is 0.381. The molecule has 1 fully saturated rings. The van der Waals surface area contributed by atoms with Gasteiger partial charge in [0.05, 0.1) is 17.4 Å². The zero-order valence-electron chi connectivity index (χ0n) is 15.9. The van der Waals surface area contributed by atoms with Gasteiger partial charge in [0.1, 0.15) is 0 Å². The van der Waals surface area contributed by atoms with Crippen molar-refractivity contribution in [3.8, 4) is 0 Å². The van der Waals surface area contributed by atoms with Gasteiger partial charge in [-0.2, -0.15) is 4.31 Å². The fourth-order valence-electron chi connectivity index (χ4n) is 3.35. The van der Waals surface area contributed by atoms with Crippen LogP contribution in [0.3, 0.4) is 0 Å². The van der Waals surface area contributed by atoms with Crippen LogP contribution >= 0.6 is 11.6 Å². The summed E-state index contributed by atoms with van der Waals surface area (Å²) >= 11 is 5.89. The lowest BCUT2D eigenvalue weighted by molar-refractivity contribution is -0.121. The Labute approximate surface area is 171 Å². The third-order valence-corrected chi connectivity index (χ3v) is 7.15. The number of rotatable bonds is 6. The molecule has 2 aromatic rings. The summed E-state index contributed by atoms with van der Waals surface area (Å²) in [5.41, 5.74) is 1.75. The number of nitrogens with zero attached hydrogens (tertiary/aromatic N) is 1. The van der Waals surface area contributed by atoms with Gasteiger partial charge in [-0.1, -0.05) is 42.3 Å². The van der Waals surface area contributed by atoms with E-state index in [0.717, 1.165) is 30.4 Å². The van der Waals surface area contributed by atoms with E-state index in [0.29, 0.717) is 18.1 Å². The van der Waals surface area contributed by atoms with E-state index in [2.05, 4.69) is 5.32 Å². The Morgan fingerprint density at radius 1 is 1.04 bits per heavy atom. The summed E-state index contributed by atoms with van der Waals surface area (Å²) in [7, 11) is -3.44. The molecule has 28 heavy (non-hydrogen) atoms. The van der Waals surface area contributed by atoms with Crippen LogP contribution < -0.4 is 5.32 Å². The van der Waals surface area contributed by atoms with Crippen molar-refractivity contribution in [2.45, 2.75) is 43.5 Å². The van der Waals surface area contributed by atoms with Gasteiger partial charge in [-0.15, -0.1) is 0 Å². The Balaban J connectivity index is 1.60. The zero-order valence-corrected chi connectivity index (χ0v) is 17.5. The first kappa shape index (κ1) is 20.8. The average Bonchev–Trinajstić information content (AvgIpc) is 2.69. The Morgan fingerprint density at radius 2 is 1.64 bits per heavy atom. The molecule has 1 amide bonds. The molecule has 1 aliphatic heterocycles. The van der Waals surface area contributed by atoms with Crippen LogP contribution in [0.25, 0.3) is 0 Å². The van der Waals surface area contributed by atoms with Crippen molar-refractivity contribution in [2.75, 3.05) is 13.1 Å². The molecule has 3 rings (SSSR count). The van der Waals surface area contributed by atoms with E-state index in [1.165, 1.54) is 0 Å². The van der Waals surface area contributed by atoms with Gasteiger partial charge in [-0.3, -0.25) is 4.79 Å². The molecule has 0 saturated carbocycles. The second-order valence-corrected chi connectivity index (χ2v) is 9.50. The Hall–Kier alpha value is -1.89. The number of piperidine rings is 1. The minimum atomic E-state index is -3.44. The second kappa shape index (κ2) is 9.07. The second-order valence-electron chi connectivity index (χ2n) is 7.13. The van der Waals surface area contributed by atoms with E-state index in [1.54, 1.807) is 40.7 Å². The van der Waals surface area contributed by atoms with Crippen molar-refractivity contribution in [1.82, 2.24) is 9.62 Å². The van der Waals surface area contributed by atoms with Gasteiger partial charge in [-0.25, -0.2) is 8.42 Å². The summed E-state index contributed by atoms with van der Waals surface area (Å²) in [6.07, 6.45) is 3.09. The summed E-state index contributed by atoms with van der Waals surface area (Å²) in [6.45, 7) is 3.07. The van der Waals surface area contributed by atoms with Gasteiger partial charge in [0, 0.05) is 18.1 Å². The third kappa shape index (κ3) is 5.13. The summed E-state index contributed by atoms with van der Waals surface area (Å²) < 4.78 is 26.9. The SMILES string of the molecule is C[C@@H](NC(=O)Cc1ccc(S(=O)(=O)N2CCCCC2)cc1)c1ccc(Cl)cc1. The molecule has 5 nitrogen and oxygen atoms in total. The Bertz CT molecular complexity index is 906. The van der Waals surface area contributed by atoms with Crippen molar-refractivity contribution in [3.63, 3.8) is 0 Å². The maximum absolute atomic E-state index is 12.7. The first-order valence-electron chi connectivity index (χ1n) is 9.50. The van der Waals surface area contributed by atoms with E-state index < -0.39 is 10.0 Å². The molecule has 1 aliphatic rings. The largest absolute Gasteiger partial charge is 0.349 e. The topological polar surface area (TPSA) is 66.5 Å². The molecule has 0 aliphatic carbocycles. The molecule has 1 atom stereocenters. The summed E-state index contributed by atoms with van der Waals surface area (Å²) in [5.74, 6) is -0.117. The summed E-state index contributed by atoms with van der Waals surface area (Å²) in [4.78, 5) is 12.6. The highest BCUT2D eigenvalue weighted by molar-refractivity contribution is 7.89. The van der Waals surface area contributed by atoms with E-state index in [1.807, 2.05) is 19.1 Å². The van der Waals surface area contributed by atoms with E-state index in [-0.39, 0.29) is 23.3 Å². The molecule has 150 valence electrons. The van der Waals surface area contributed by atoms with Crippen LogP contribution in [0.15, 0.2) is 53.4 Å². The third-order valence-electron chi connectivity index (χ3n) is 4.99. The van der Waals surface area contributed by atoms with Crippen LogP contribution in [0.1, 0.15) is 43.4 Å². The number of sulfonamides is 1. The lowest BCUT2D eigenvalue weighted by Crippen LogP contribution is -2.35. The lowest BCUT2D eigenvalue weighted by atomic mass is 10.1. The van der Waals surface area contributed by atoms with Crippen molar-refractivity contribution >= 4 is 27.5 Å². The number of halogens is 1. The molecule has 7 heteroatoms. The minimum Gasteiger partial charge on any atom is -0.349 e. The molecule has 0 spiro atoms. The fourth-order valence-corrected chi connectivity index (χ4v) is 4.99. The van der Waals surface area contributed by atoms with Gasteiger partial charge < -0.3 is 5.32 Å². The van der Waals surface area contributed by atoms with Gasteiger partial charge >= 0.3 is 0 Å². The number of carbonyl (C=O) groups excluding carboxylic acids is 1. The molecule has 1 heterocycles. The van der Waals surface area contributed by atoms with Crippen molar-refractivity contribution in [1.29, 1.82) is 0 Å². The first-order chi connectivity index (χ1) is 13.4. The van der Waals surface area contributed by atoms with Crippen LogP contribution in [0.4, 0.5) is 0 Å². The quantitative estimate of drug-likeness (QED) is 0.769. The van der Waals surface area contributed by atoms with Crippen LogP contribution in [-0.2, 0) is 21.2 Å². The van der Waals surface area contributed by atoms with E-state index >= 15 is 0 Å². The predicted octanol–water partition coefficient (Wildman–Crippen LogP) is 3.93. The minimum absolute atomic E-state index is 0.117. The van der Waals surface area contributed by atoms with Gasteiger partial charge in [0.2, 0.25) is 15.9 Å². The van der Waals surface area contributed by atoms with Crippen LogP contribution in [0.2, 0.25) is 5.02 Å². The average molecular weight is 421 g/mol. The molecule has 1 N–H and O–H groups in total. The number of benzene rings is 2. The van der Waals surface area contributed by atoms with E-state index in [4.69, 9.17) is 11.6 Å². The number of carbonyl (C=O) groups is 1. The summed E-state index contributed by atoms with van der Waals surface area (Å²) in [6, 6.07) is 13.8. The zero-order chi connectivity index (χ0) is 20.1. The highest BCUT2D eigenvalue weighted by atomic mass is 35.5. The van der Waals surface area contributed by atoms with Crippen molar-refractivity contribution in [2.24, 2.45) is 0 Å². The smallest absolute Gasteiger partial charge is 0.243 e. The molecule has 0 bridgehead atoms. The number of amides is 1. The summed E-state index contributed by atoms with van der Waals surface area (Å²) in [5, 5.41) is 3.61. The van der Waals surface area contributed by atoms with Gasteiger partial charge in [-0.05, 0) is 55.2 Å². The van der Waals surface area contributed by atoms with Gasteiger partial charge in [0.25, 0.3) is 0 Å². The predicted molar refractivity (Wildman–Crippen MR) is 111 cm³/mol. The normalized spacial score (nSPS) is 16.5. The lowest BCUT2D eigenvalue weighted by Gasteiger charge is -2.25. The molecule has 1 saturated heterocycles. The highest BCUT2D eigenvalue weighted by Crippen LogP contribution is 2.21. The maximum Gasteiger partial charge on any atom is 0.243 e. The van der Waals surface area contributed by atoms with E-state index in [9.17, 15) is 13.2 Å². The number of nitrogens with one attached hydrogen (secondary N) is 1. The number of hydrogen-bond acceptors (Lipinski definition) is 3. The molecule has 0 radical (unpaired) electrons. The molecule has 0 unspecified atom stereocenters. The first-order valence-corrected chi connectivity index (χ1v) is 11.3. The van der Waals surface area contributed by atoms with Crippen LogP contribution in [0.5, 0.6) is 0 Å². The van der Waals surface area contributed by atoms with Crippen LogP contribution in [0, 0.1) is 0 Å². The van der Waals surface area contributed by atoms with Crippen LogP contribution in [-0.4, -0.2) is 31.7 Å². The standard InChI is InChI=1S/C21H25ClN2O3S/c1-16(18-7-9-19(22)10-8-18)23-21(25)15-17-5-11-20(12-6-17)28(26,27)24-13-3-2-4-14-24/h5-12,16H,2-4,13-15H2,1H3,(H,23,25)/t16-/m1/s1. The number of hydrogen-bond donors (Lipinski definition) is 1. The molecular formula is C21H25ClN2O3S. The molecule has 2 aromatic carbocycles. The van der Waals surface area contributed by atoms with Crippen molar-refractivity contribution < 1.29 is 13.2 Å². The van der Waals surface area contributed by atoms with Crippen molar-refractivity contribution in [3.05, 3.63) is 64.7 Å². The maximum atomic E-state index is 12.7. The monoisotopic (exact) mass is 420 g/mol. The molecular weight excluding hydrogens is 396 g/mol. The van der Waals surface area contributed by atoms with Gasteiger partial charge in [0.15, 0.2) is 0 Å². The highest BCUT2D eigenvalue weighted by Gasteiger charge is 2.25. The Morgan fingerprint density at radius 3 is 2.25 bits per heavy atom. The molecule has 0 aromatic heterocycles. The Kier molecular flexibility index (Phi) is 6.75.